The molecular formula is C11H17NOSi. The third-order valence-corrected chi connectivity index (χ3v) is 3.28. The summed E-state index contributed by atoms with van der Waals surface area (Å²) in [5.74, 6) is 0.219. The van der Waals surface area contributed by atoms with Gasteiger partial charge in [-0.25, -0.2) is 0 Å². The Labute approximate surface area is 86.1 Å². The lowest BCUT2D eigenvalue weighted by Gasteiger charge is -2.14. The Balaban J connectivity index is 2.80. The second-order valence-electron chi connectivity index (χ2n) is 4.79. The van der Waals surface area contributed by atoms with Gasteiger partial charge in [0, 0.05) is 17.3 Å². The zero-order valence-electron chi connectivity index (χ0n) is 9.00. The van der Waals surface area contributed by atoms with Gasteiger partial charge in [-0.2, -0.15) is 0 Å². The number of carbonyl (C=O) groups excluding carboxylic acids is 1. The van der Waals surface area contributed by atoms with Gasteiger partial charge in [-0.15, -0.1) is 0 Å². The van der Waals surface area contributed by atoms with Crippen molar-refractivity contribution in [1.82, 2.24) is 0 Å². The summed E-state index contributed by atoms with van der Waals surface area (Å²) in [6.07, 6.45) is 0. The van der Waals surface area contributed by atoms with Gasteiger partial charge in [-0.05, 0) is 12.1 Å². The van der Waals surface area contributed by atoms with E-state index < -0.39 is 8.07 Å². The summed E-state index contributed by atoms with van der Waals surface area (Å²) >= 11 is 0. The number of benzene rings is 1. The molecule has 0 atom stereocenters. The number of rotatable bonds is 3. The molecule has 0 bridgehead atoms. The van der Waals surface area contributed by atoms with Crippen LogP contribution in [0.3, 0.4) is 0 Å². The fourth-order valence-electron chi connectivity index (χ4n) is 1.30. The molecule has 2 N–H and O–H groups in total. The molecule has 2 nitrogen and oxygen atoms in total. The summed E-state index contributed by atoms with van der Waals surface area (Å²) in [6.45, 7) is 6.57. The normalized spacial score (nSPS) is 11.4. The monoisotopic (exact) mass is 207 g/mol. The van der Waals surface area contributed by atoms with Crippen molar-refractivity contribution in [2.45, 2.75) is 25.7 Å². The second-order valence-corrected chi connectivity index (χ2v) is 10.3. The molecule has 1 rings (SSSR count). The molecule has 0 saturated heterocycles. The first-order valence-electron chi connectivity index (χ1n) is 4.77. The molecule has 0 aromatic heterocycles. The fraction of sp³-hybridized carbons (Fsp3) is 0.364. The third kappa shape index (κ3) is 3.34. The van der Waals surface area contributed by atoms with E-state index in [1.807, 2.05) is 12.1 Å². The highest BCUT2D eigenvalue weighted by atomic mass is 28.3. The minimum Gasteiger partial charge on any atom is -0.399 e. The molecule has 1 aromatic carbocycles. The Bertz CT molecular complexity index is 341. The van der Waals surface area contributed by atoms with Crippen LogP contribution in [0.1, 0.15) is 10.4 Å². The number of nitrogen functional groups attached to an aromatic ring is 1. The minimum atomic E-state index is -1.31. The van der Waals surface area contributed by atoms with Crippen molar-refractivity contribution in [2.75, 3.05) is 5.73 Å². The van der Waals surface area contributed by atoms with Crippen molar-refractivity contribution < 1.29 is 4.79 Å². The molecule has 0 aliphatic rings. The van der Waals surface area contributed by atoms with Crippen LogP contribution in [0.5, 0.6) is 0 Å². The molecule has 3 heteroatoms. The van der Waals surface area contributed by atoms with Gasteiger partial charge in [0.05, 0.1) is 8.07 Å². The number of anilines is 1. The summed E-state index contributed by atoms with van der Waals surface area (Å²) in [5, 5.41) is 0. The first-order chi connectivity index (χ1) is 6.38. The van der Waals surface area contributed by atoms with Crippen molar-refractivity contribution in [3.8, 4) is 0 Å². The molecule has 0 radical (unpaired) electrons. The zero-order valence-corrected chi connectivity index (χ0v) is 10.0. The molecule has 0 unspecified atom stereocenters. The fourth-order valence-corrected chi connectivity index (χ4v) is 2.46. The predicted octanol–water partition coefficient (Wildman–Crippen LogP) is 2.79. The lowest BCUT2D eigenvalue weighted by atomic mass is 10.1. The van der Waals surface area contributed by atoms with E-state index in [9.17, 15) is 4.79 Å². The van der Waals surface area contributed by atoms with Crippen LogP contribution in [0.2, 0.25) is 25.7 Å². The molecule has 0 heterocycles. The number of hydrogen-bond donors (Lipinski definition) is 1. The van der Waals surface area contributed by atoms with E-state index >= 15 is 0 Å². The van der Waals surface area contributed by atoms with E-state index in [1.165, 1.54) is 0 Å². The van der Waals surface area contributed by atoms with Crippen LogP contribution in [0, 0.1) is 0 Å². The van der Waals surface area contributed by atoms with Gasteiger partial charge in [0.25, 0.3) is 0 Å². The first-order valence-corrected chi connectivity index (χ1v) is 8.48. The van der Waals surface area contributed by atoms with Crippen LogP contribution in [0.25, 0.3) is 0 Å². The van der Waals surface area contributed by atoms with Crippen molar-refractivity contribution >= 4 is 19.5 Å². The zero-order chi connectivity index (χ0) is 10.8. The van der Waals surface area contributed by atoms with E-state index in [-0.39, 0.29) is 5.78 Å². The predicted molar refractivity (Wildman–Crippen MR) is 63.3 cm³/mol. The van der Waals surface area contributed by atoms with Gasteiger partial charge in [-0.1, -0.05) is 31.8 Å². The van der Waals surface area contributed by atoms with E-state index in [2.05, 4.69) is 19.6 Å². The van der Waals surface area contributed by atoms with Crippen molar-refractivity contribution in [1.29, 1.82) is 0 Å². The van der Waals surface area contributed by atoms with E-state index in [0.717, 1.165) is 5.56 Å². The van der Waals surface area contributed by atoms with Gasteiger partial charge in [0.1, 0.15) is 0 Å². The number of carbonyl (C=O) groups is 1. The molecule has 0 aliphatic heterocycles. The standard InChI is InChI=1S/C11H17NOSi/c1-14(2,3)8-11(13)9-5-4-6-10(12)7-9/h4-7H,8,12H2,1-3H3. The lowest BCUT2D eigenvalue weighted by Crippen LogP contribution is -2.23. The summed E-state index contributed by atoms with van der Waals surface area (Å²) in [4.78, 5) is 11.8. The van der Waals surface area contributed by atoms with Crippen LogP contribution < -0.4 is 5.73 Å². The second kappa shape index (κ2) is 3.96. The van der Waals surface area contributed by atoms with Gasteiger partial charge in [-0.3, -0.25) is 4.79 Å². The topological polar surface area (TPSA) is 43.1 Å². The molecule has 0 aliphatic carbocycles. The maximum Gasteiger partial charge on any atom is 0.160 e. The molecule has 0 amide bonds. The first kappa shape index (κ1) is 11.0. The molecule has 0 fully saturated rings. The van der Waals surface area contributed by atoms with Crippen molar-refractivity contribution in [3.05, 3.63) is 29.8 Å². The molecule has 14 heavy (non-hydrogen) atoms. The van der Waals surface area contributed by atoms with E-state index in [1.54, 1.807) is 12.1 Å². The quantitative estimate of drug-likeness (QED) is 0.470. The molecule has 1 aromatic rings. The summed E-state index contributed by atoms with van der Waals surface area (Å²) in [5.41, 5.74) is 7.02. The molecule has 76 valence electrons. The van der Waals surface area contributed by atoms with E-state index in [0.29, 0.717) is 11.7 Å². The maximum absolute atomic E-state index is 11.8. The summed E-state index contributed by atoms with van der Waals surface area (Å²) < 4.78 is 0. The summed E-state index contributed by atoms with van der Waals surface area (Å²) in [7, 11) is -1.31. The van der Waals surface area contributed by atoms with Gasteiger partial charge >= 0.3 is 0 Å². The highest BCUT2D eigenvalue weighted by Crippen LogP contribution is 2.15. The van der Waals surface area contributed by atoms with Gasteiger partial charge in [0.2, 0.25) is 0 Å². The van der Waals surface area contributed by atoms with Crippen LogP contribution in [0.15, 0.2) is 24.3 Å². The van der Waals surface area contributed by atoms with Crippen LogP contribution >= 0.6 is 0 Å². The van der Waals surface area contributed by atoms with Crippen LogP contribution in [-0.2, 0) is 0 Å². The van der Waals surface area contributed by atoms with Crippen LogP contribution in [-0.4, -0.2) is 13.9 Å². The number of Topliss-reactive ketones (excluding diaryl/α,β-unsaturated/α-hetero) is 1. The van der Waals surface area contributed by atoms with Crippen molar-refractivity contribution in [3.63, 3.8) is 0 Å². The Morgan fingerprint density at radius 1 is 1.36 bits per heavy atom. The Kier molecular flexibility index (Phi) is 3.11. The molecule has 0 spiro atoms. The smallest absolute Gasteiger partial charge is 0.160 e. The number of hydrogen-bond acceptors (Lipinski definition) is 2. The Morgan fingerprint density at radius 3 is 2.50 bits per heavy atom. The van der Waals surface area contributed by atoms with Crippen molar-refractivity contribution in [2.24, 2.45) is 0 Å². The number of ketones is 1. The third-order valence-electron chi connectivity index (χ3n) is 1.90. The SMILES string of the molecule is C[Si](C)(C)CC(=O)c1cccc(N)c1. The van der Waals surface area contributed by atoms with Crippen LogP contribution in [0.4, 0.5) is 5.69 Å². The highest BCUT2D eigenvalue weighted by molar-refractivity contribution is 6.79. The molecule has 0 saturated carbocycles. The average Bonchev–Trinajstić information content (AvgIpc) is 2.01. The number of nitrogens with two attached hydrogens (primary N) is 1. The maximum atomic E-state index is 11.8. The largest absolute Gasteiger partial charge is 0.399 e. The summed E-state index contributed by atoms with van der Waals surface area (Å²) in [6, 6.07) is 7.90. The highest BCUT2D eigenvalue weighted by Gasteiger charge is 2.19. The lowest BCUT2D eigenvalue weighted by molar-refractivity contribution is 0.101. The Hall–Kier alpha value is -1.09. The Morgan fingerprint density at radius 2 is 2.00 bits per heavy atom. The van der Waals surface area contributed by atoms with E-state index in [4.69, 9.17) is 5.73 Å². The van der Waals surface area contributed by atoms with Gasteiger partial charge < -0.3 is 5.73 Å². The average molecular weight is 207 g/mol. The minimum absolute atomic E-state index is 0.219. The van der Waals surface area contributed by atoms with Gasteiger partial charge in [0.15, 0.2) is 5.78 Å². The molecular weight excluding hydrogens is 190 g/mol.